The molecule has 0 heterocycles. The van der Waals surface area contributed by atoms with E-state index in [1.165, 1.54) is 0 Å². The van der Waals surface area contributed by atoms with Crippen molar-refractivity contribution < 1.29 is 4.74 Å². The van der Waals surface area contributed by atoms with Crippen molar-refractivity contribution in [3.05, 3.63) is 22.7 Å². The number of rotatable bonds is 2. The summed E-state index contributed by atoms with van der Waals surface area (Å²) >= 11 is 5.89. The first-order valence-electron chi connectivity index (χ1n) is 3.48. The van der Waals surface area contributed by atoms with E-state index in [1.807, 2.05) is 0 Å². The summed E-state index contributed by atoms with van der Waals surface area (Å²) in [5.74, 6) is 0. The summed E-state index contributed by atoms with van der Waals surface area (Å²) in [6, 6.07) is 3.40. The molecular weight excluding hydrogens is 176 g/mol. The third-order valence-electron chi connectivity index (χ3n) is 1.60. The first-order chi connectivity index (χ1) is 5.66. The van der Waals surface area contributed by atoms with E-state index in [-0.39, 0.29) is 0 Å². The summed E-state index contributed by atoms with van der Waals surface area (Å²) in [5, 5.41) is 0.483. The van der Waals surface area contributed by atoms with E-state index < -0.39 is 0 Å². The third kappa shape index (κ3) is 1.62. The Labute approximate surface area is 76.3 Å². The molecule has 0 aromatic heterocycles. The molecule has 0 aliphatic rings. The van der Waals surface area contributed by atoms with Crippen molar-refractivity contribution in [1.82, 2.24) is 0 Å². The van der Waals surface area contributed by atoms with E-state index >= 15 is 0 Å². The van der Waals surface area contributed by atoms with E-state index in [0.717, 1.165) is 5.56 Å². The van der Waals surface area contributed by atoms with Gasteiger partial charge in [-0.1, -0.05) is 11.6 Å². The first kappa shape index (κ1) is 9.16. The summed E-state index contributed by atoms with van der Waals surface area (Å²) in [6.45, 7) is 0.385. The van der Waals surface area contributed by atoms with Gasteiger partial charge in [-0.25, -0.2) is 0 Å². The van der Waals surface area contributed by atoms with E-state index in [0.29, 0.717) is 23.0 Å². The summed E-state index contributed by atoms with van der Waals surface area (Å²) in [7, 11) is 1.58. The van der Waals surface area contributed by atoms with Gasteiger partial charge in [0.25, 0.3) is 0 Å². The van der Waals surface area contributed by atoms with Crippen LogP contribution in [-0.2, 0) is 11.3 Å². The topological polar surface area (TPSA) is 61.3 Å². The lowest BCUT2D eigenvalue weighted by Crippen LogP contribution is -1.99. The van der Waals surface area contributed by atoms with Gasteiger partial charge in [0.15, 0.2) is 0 Å². The minimum Gasteiger partial charge on any atom is -0.398 e. The van der Waals surface area contributed by atoms with Crippen LogP contribution in [0.3, 0.4) is 0 Å². The molecule has 0 saturated carbocycles. The normalized spacial score (nSPS) is 10.2. The number of anilines is 2. The minimum absolute atomic E-state index is 0.385. The molecule has 0 aliphatic heterocycles. The Morgan fingerprint density at radius 3 is 2.50 bits per heavy atom. The Morgan fingerprint density at radius 2 is 1.92 bits per heavy atom. The smallest absolute Gasteiger partial charge is 0.0748 e. The SMILES string of the molecule is COCc1c(N)ccc(N)c1Cl. The zero-order chi connectivity index (χ0) is 9.14. The lowest BCUT2D eigenvalue weighted by Gasteiger charge is -2.08. The fourth-order valence-corrected chi connectivity index (χ4v) is 1.17. The molecule has 1 aromatic carbocycles. The number of hydrogen-bond donors (Lipinski definition) is 2. The van der Waals surface area contributed by atoms with Gasteiger partial charge >= 0.3 is 0 Å². The monoisotopic (exact) mass is 186 g/mol. The third-order valence-corrected chi connectivity index (χ3v) is 2.04. The van der Waals surface area contributed by atoms with Crippen molar-refractivity contribution in [3.8, 4) is 0 Å². The standard InChI is InChI=1S/C8H11ClN2O/c1-12-4-5-6(10)2-3-7(11)8(5)9/h2-3H,4,10-11H2,1H3. The molecule has 0 radical (unpaired) electrons. The highest BCUT2D eigenvalue weighted by Crippen LogP contribution is 2.28. The van der Waals surface area contributed by atoms with Crippen LogP contribution in [0.25, 0.3) is 0 Å². The molecule has 0 aliphatic carbocycles. The van der Waals surface area contributed by atoms with Crippen LogP contribution in [0.1, 0.15) is 5.56 Å². The van der Waals surface area contributed by atoms with E-state index in [1.54, 1.807) is 19.2 Å². The molecule has 4 N–H and O–H groups in total. The Hall–Kier alpha value is -0.930. The summed E-state index contributed by atoms with van der Waals surface area (Å²) in [6.07, 6.45) is 0. The molecular formula is C8H11ClN2O. The molecule has 1 aromatic rings. The van der Waals surface area contributed by atoms with Crippen LogP contribution in [0.5, 0.6) is 0 Å². The minimum atomic E-state index is 0.385. The largest absolute Gasteiger partial charge is 0.398 e. The number of nitrogens with two attached hydrogens (primary N) is 2. The quantitative estimate of drug-likeness (QED) is 0.691. The summed E-state index contributed by atoms with van der Waals surface area (Å²) < 4.78 is 4.92. The van der Waals surface area contributed by atoms with Gasteiger partial charge in [-0.2, -0.15) is 0 Å². The predicted molar refractivity (Wildman–Crippen MR) is 51.0 cm³/mol. The van der Waals surface area contributed by atoms with Gasteiger partial charge in [0.2, 0.25) is 0 Å². The summed E-state index contributed by atoms with van der Waals surface area (Å²) in [4.78, 5) is 0. The molecule has 0 bridgehead atoms. The maximum atomic E-state index is 5.89. The number of nitrogen functional groups attached to an aromatic ring is 2. The second kappa shape index (κ2) is 3.65. The van der Waals surface area contributed by atoms with Crippen molar-refractivity contribution in [3.63, 3.8) is 0 Å². The molecule has 3 nitrogen and oxygen atoms in total. The summed E-state index contributed by atoms with van der Waals surface area (Å²) in [5.41, 5.74) is 13.1. The fraction of sp³-hybridized carbons (Fsp3) is 0.250. The Kier molecular flexibility index (Phi) is 2.78. The van der Waals surface area contributed by atoms with Crippen molar-refractivity contribution >= 4 is 23.0 Å². The Bertz CT molecular complexity index is 289. The van der Waals surface area contributed by atoms with Crippen molar-refractivity contribution in [2.24, 2.45) is 0 Å². The van der Waals surface area contributed by atoms with Gasteiger partial charge in [-0.05, 0) is 12.1 Å². The van der Waals surface area contributed by atoms with Crippen LogP contribution in [-0.4, -0.2) is 7.11 Å². The average molecular weight is 187 g/mol. The zero-order valence-electron chi connectivity index (χ0n) is 6.80. The zero-order valence-corrected chi connectivity index (χ0v) is 7.56. The molecule has 0 atom stereocenters. The second-order valence-corrected chi connectivity index (χ2v) is 2.85. The van der Waals surface area contributed by atoms with Crippen LogP contribution < -0.4 is 11.5 Å². The lowest BCUT2D eigenvalue weighted by atomic mass is 10.1. The number of methoxy groups -OCH3 is 1. The molecule has 0 fully saturated rings. The number of ether oxygens (including phenoxy) is 1. The van der Waals surface area contributed by atoms with Crippen molar-refractivity contribution in [2.75, 3.05) is 18.6 Å². The highest BCUT2D eigenvalue weighted by molar-refractivity contribution is 6.34. The fourth-order valence-electron chi connectivity index (χ4n) is 0.945. The Balaban J connectivity index is 3.14. The molecule has 66 valence electrons. The first-order valence-corrected chi connectivity index (χ1v) is 3.86. The van der Waals surface area contributed by atoms with Gasteiger partial charge in [-0.15, -0.1) is 0 Å². The molecule has 0 saturated heterocycles. The van der Waals surface area contributed by atoms with Crippen LogP contribution in [0.2, 0.25) is 5.02 Å². The van der Waals surface area contributed by atoms with Crippen LogP contribution in [0.15, 0.2) is 12.1 Å². The highest BCUT2D eigenvalue weighted by atomic mass is 35.5. The maximum absolute atomic E-state index is 5.89. The van der Waals surface area contributed by atoms with Crippen LogP contribution >= 0.6 is 11.6 Å². The van der Waals surface area contributed by atoms with Gasteiger partial charge in [-0.3, -0.25) is 0 Å². The van der Waals surface area contributed by atoms with Gasteiger partial charge in [0, 0.05) is 18.4 Å². The Morgan fingerprint density at radius 1 is 1.33 bits per heavy atom. The predicted octanol–water partition coefficient (Wildman–Crippen LogP) is 1.65. The van der Waals surface area contributed by atoms with Gasteiger partial charge in [0.05, 0.1) is 17.3 Å². The van der Waals surface area contributed by atoms with E-state index in [2.05, 4.69) is 0 Å². The van der Waals surface area contributed by atoms with Crippen molar-refractivity contribution in [2.45, 2.75) is 6.61 Å². The molecule has 0 unspecified atom stereocenters. The molecule has 4 heteroatoms. The molecule has 1 rings (SSSR count). The number of hydrogen-bond acceptors (Lipinski definition) is 3. The second-order valence-electron chi connectivity index (χ2n) is 2.47. The lowest BCUT2D eigenvalue weighted by molar-refractivity contribution is 0.185. The molecule has 0 amide bonds. The average Bonchev–Trinajstić information content (AvgIpc) is 2.06. The van der Waals surface area contributed by atoms with Crippen molar-refractivity contribution in [1.29, 1.82) is 0 Å². The highest BCUT2D eigenvalue weighted by Gasteiger charge is 2.06. The van der Waals surface area contributed by atoms with E-state index in [4.69, 9.17) is 27.8 Å². The van der Waals surface area contributed by atoms with Gasteiger partial charge in [0.1, 0.15) is 0 Å². The van der Waals surface area contributed by atoms with Gasteiger partial charge < -0.3 is 16.2 Å². The van der Waals surface area contributed by atoms with Crippen LogP contribution in [0.4, 0.5) is 11.4 Å². The maximum Gasteiger partial charge on any atom is 0.0748 e. The van der Waals surface area contributed by atoms with E-state index in [9.17, 15) is 0 Å². The van der Waals surface area contributed by atoms with Crippen LogP contribution in [0, 0.1) is 0 Å². The number of halogens is 1. The number of benzene rings is 1. The molecule has 12 heavy (non-hydrogen) atoms. The molecule has 0 spiro atoms.